The number of carbonyl (C=O) groups excluding carboxylic acids is 1. The van der Waals surface area contributed by atoms with E-state index in [1.165, 1.54) is 11.8 Å². The molecule has 0 radical (unpaired) electrons. The van der Waals surface area contributed by atoms with Crippen molar-refractivity contribution in [3.05, 3.63) is 41.7 Å². The number of likely N-dealkylation sites (tertiary alicyclic amines) is 1. The van der Waals surface area contributed by atoms with Gasteiger partial charge in [0.1, 0.15) is 11.4 Å². The molecule has 1 aromatic carbocycles. The first-order chi connectivity index (χ1) is 13.6. The molecule has 1 fully saturated rings. The zero-order chi connectivity index (χ0) is 19.6. The van der Waals surface area contributed by atoms with E-state index in [0.717, 1.165) is 41.2 Å². The predicted octanol–water partition coefficient (Wildman–Crippen LogP) is 2.25. The van der Waals surface area contributed by atoms with Gasteiger partial charge in [0.25, 0.3) is 0 Å². The van der Waals surface area contributed by atoms with E-state index in [2.05, 4.69) is 9.97 Å². The molecule has 2 aliphatic heterocycles. The molecule has 2 aromatic rings. The van der Waals surface area contributed by atoms with Crippen molar-refractivity contribution in [1.29, 1.82) is 0 Å². The molecule has 2 N–H and O–H groups in total. The Morgan fingerprint density at radius 2 is 2.21 bits per heavy atom. The van der Waals surface area contributed by atoms with Crippen molar-refractivity contribution in [2.45, 2.75) is 29.8 Å². The quantitative estimate of drug-likeness (QED) is 0.787. The number of nitrogens with zero attached hydrogens (tertiary/aromatic N) is 3. The van der Waals surface area contributed by atoms with Gasteiger partial charge in [-0.25, -0.2) is 9.97 Å². The van der Waals surface area contributed by atoms with Crippen molar-refractivity contribution in [3.63, 3.8) is 0 Å². The third-order valence-corrected chi connectivity index (χ3v) is 6.37. The van der Waals surface area contributed by atoms with E-state index in [0.29, 0.717) is 25.4 Å². The first-order valence-electron chi connectivity index (χ1n) is 9.40. The van der Waals surface area contributed by atoms with Crippen LogP contribution in [-0.2, 0) is 21.6 Å². The van der Waals surface area contributed by atoms with Crippen LogP contribution in [0.5, 0.6) is 5.75 Å². The first kappa shape index (κ1) is 19.0. The van der Waals surface area contributed by atoms with Gasteiger partial charge in [-0.05, 0) is 43.0 Å². The monoisotopic (exact) mass is 400 g/mol. The highest BCUT2D eigenvalue weighted by atomic mass is 32.2. The normalized spacial score (nSPS) is 18.0. The van der Waals surface area contributed by atoms with Crippen LogP contribution < -0.4 is 10.5 Å². The smallest absolute Gasteiger partial charge is 0.232 e. The lowest BCUT2D eigenvalue weighted by atomic mass is 9.83. The molecule has 0 atom stereocenters. The maximum atomic E-state index is 12.7. The number of thioether (sulfide) groups is 1. The van der Waals surface area contributed by atoms with Crippen molar-refractivity contribution in [3.8, 4) is 5.75 Å². The molecular formula is C20H24N4O3S. The Morgan fingerprint density at radius 3 is 3.00 bits per heavy atom. The summed E-state index contributed by atoms with van der Waals surface area (Å²) < 4.78 is 11.4. The molecule has 1 aromatic heterocycles. The summed E-state index contributed by atoms with van der Waals surface area (Å²) in [4.78, 5) is 24.2. The van der Waals surface area contributed by atoms with E-state index >= 15 is 0 Å². The highest BCUT2D eigenvalue weighted by Gasteiger charge is 2.43. The molecule has 8 heteroatoms. The Bertz CT molecular complexity index is 868. The number of hydrogen-bond acceptors (Lipinski definition) is 7. The summed E-state index contributed by atoms with van der Waals surface area (Å²) in [6.07, 6.45) is 4.07. The minimum Gasteiger partial charge on any atom is -0.497 e. The number of amides is 1. The van der Waals surface area contributed by atoms with Crippen LogP contribution in [0.4, 0.5) is 5.95 Å². The molecule has 1 amide bonds. The van der Waals surface area contributed by atoms with Crippen molar-refractivity contribution in [1.82, 2.24) is 14.9 Å². The second-order valence-corrected chi connectivity index (χ2v) is 8.09. The van der Waals surface area contributed by atoms with Crippen LogP contribution in [0.3, 0.4) is 0 Å². The highest BCUT2D eigenvalue weighted by Crippen LogP contribution is 2.40. The number of fused-ring (bicyclic) bond motifs is 2. The molecule has 2 aliphatic rings. The van der Waals surface area contributed by atoms with Crippen molar-refractivity contribution >= 4 is 23.6 Å². The number of nitrogen functional groups attached to an aromatic ring is 1. The van der Waals surface area contributed by atoms with E-state index in [1.807, 2.05) is 35.4 Å². The lowest BCUT2D eigenvalue weighted by molar-refractivity contribution is -0.138. The number of carbonyl (C=O) groups is 1. The van der Waals surface area contributed by atoms with Gasteiger partial charge in [0.2, 0.25) is 11.9 Å². The van der Waals surface area contributed by atoms with E-state index in [-0.39, 0.29) is 11.9 Å². The van der Waals surface area contributed by atoms with Gasteiger partial charge in [-0.1, -0.05) is 6.07 Å². The summed E-state index contributed by atoms with van der Waals surface area (Å²) in [6.45, 7) is 1.96. The minimum atomic E-state index is -0.443. The van der Waals surface area contributed by atoms with Gasteiger partial charge in [-0.3, -0.25) is 4.79 Å². The van der Waals surface area contributed by atoms with Crippen LogP contribution in [-0.4, -0.2) is 53.3 Å². The molecule has 0 aliphatic carbocycles. The summed E-state index contributed by atoms with van der Waals surface area (Å²) in [6, 6.07) is 7.76. The summed E-state index contributed by atoms with van der Waals surface area (Å²) in [5, 5.41) is 0. The van der Waals surface area contributed by atoms with Gasteiger partial charge >= 0.3 is 0 Å². The Morgan fingerprint density at radius 1 is 1.39 bits per heavy atom. The molecule has 3 heterocycles. The number of aromatic nitrogens is 2. The van der Waals surface area contributed by atoms with Gasteiger partial charge in [-0.15, -0.1) is 11.8 Å². The van der Waals surface area contributed by atoms with Gasteiger partial charge < -0.3 is 20.1 Å². The number of nitrogens with two attached hydrogens (primary N) is 1. The van der Waals surface area contributed by atoms with Crippen LogP contribution in [0, 0.1) is 0 Å². The molecule has 1 spiro atoms. The minimum absolute atomic E-state index is 0.140. The third-order valence-electron chi connectivity index (χ3n) is 5.39. The molecule has 0 unspecified atom stereocenters. The zero-order valence-electron chi connectivity index (χ0n) is 15.9. The largest absolute Gasteiger partial charge is 0.497 e. The number of methoxy groups -OCH3 is 1. The van der Waals surface area contributed by atoms with E-state index in [9.17, 15) is 4.79 Å². The molecular weight excluding hydrogens is 376 g/mol. The second kappa shape index (κ2) is 7.97. The van der Waals surface area contributed by atoms with Crippen LogP contribution in [0.15, 0.2) is 35.4 Å². The molecule has 7 nitrogen and oxygen atoms in total. The lowest BCUT2D eigenvalue weighted by Crippen LogP contribution is -2.49. The van der Waals surface area contributed by atoms with Gasteiger partial charge in [0, 0.05) is 24.2 Å². The maximum absolute atomic E-state index is 12.7. The fraction of sp³-hybridized carbons (Fsp3) is 0.450. The number of rotatable bonds is 4. The fourth-order valence-electron chi connectivity index (χ4n) is 3.85. The Balaban J connectivity index is 1.38. The van der Waals surface area contributed by atoms with Gasteiger partial charge in [0.15, 0.2) is 0 Å². The van der Waals surface area contributed by atoms with E-state index in [1.54, 1.807) is 7.11 Å². The van der Waals surface area contributed by atoms with Crippen LogP contribution in [0.2, 0.25) is 0 Å². The average Bonchev–Trinajstić information content (AvgIpc) is 2.73. The topological polar surface area (TPSA) is 90.6 Å². The number of benzene rings is 1. The molecule has 28 heavy (non-hydrogen) atoms. The van der Waals surface area contributed by atoms with Crippen molar-refractivity contribution in [2.24, 2.45) is 0 Å². The number of hydrogen-bond donors (Lipinski definition) is 1. The van der Waals surface area contributed by atoms with E-state index < -0.39 is 5.60 Å². The third kappa shape index (κ3) is 3.79. The predicted molar refractivity (Wildman–Crippen MR) is 107 cm³/mol. The highest BCUT2D eigenvalue weighted by molar-refractivity contribution is 8.00. The summed E-state index contributed by atoms with van der Waals surface area (Å²) in [5.41, 5.74) is 7.38. The summed E-state index contributed by atoms with van der Waals surface area (Å²) in [7, 11) is 1.64. The molecule has 0 bridgehead atoms. The average molecular weight is 401 g/mol. The fourth-order valence-corrected chi connectivity index (χ4v) is 4.70. The van der Waals surface area contributed by atoms with Gasteiger partial charge in [-0.2, -0.15) is 0 Å². The first-order valence-corrected chi connectivity index (χ1v) is 10.4. The van der Waals surface area contributed by atoms with Crippen LogP contribution in [0.25, 0.3) is 0 Å². The second-order valence-electron chi connectivity index (χ2n) is 7.04. The Hall–Kier alpha value is -2.32. The summed E-state index contributed by atoms with van der Waals surface area (Å²) >= 11 is 1.53. The standard InChI is InChI=1S/C20H24N4O3S/c1-26-15-3-2-4-16(11-15)28-13-17(25)24-8-6-20(7-9-24)18-14(5-10-27-20)12-22-19(21)23-18/h2-4,11-12H,5-10,13H2,1H3,(H2,21,22,23). The zero-order valence-corrected chi connectivity index (χ0v) is 16.7. The number of anilines is 1. The van der Waals surface area contributed by atoms with Gasteiger partial charge in [0.05, 0.1) is 25.2 Å². The molecule has 0 saturated carbocycles. The van der Waals surface area contributed by atoms with Crippen LogP contribution in [0.1, 0.15) is 24.1 Å². The summed E-state index contributed by atoms with van der Waals surface area (Å²) in [5.74, 6) is 1.62. The molecule has 148 valence electrons. The van der Waals surface area contributed by atoms with E-state index in [4.69, 9.17) is 15.2 Å². The molecule has 4 rings (SSSR count). The van der Waals surface area contributed by atoms with Crippen LogP contribution >= 0.6 is 11.8 Å². The van der Waals surface area contributed by atoms with Crippen molar-refractivity contribution < 1.29 is 14.3 Å². The Labute approximate surface area is 168 Å². The van der Waals surface area contributed by atoms with Crippen molar-refractivity contribution in [2.75, 3.05) is 38.3 Å². The lowest BCUT2D eigenvalue weighted by Gasteiger charge is -2.44. The Kier molecular flexibility index (Phi) is 5.41. The molecule has 1 saturated heterocycles. The maximum Gasteiger partial charge on any atom is 0.232 e. The SMILES string of the molecule is COc1cccc(SCC(=O)N2CCC3(CC2)OCCc2cnc(N)nc23)c1. The number of ether oxygens (including phenoxy) is 2. The number of piperidine rings is 1.